The molecule has 2 aromatic carbocycles. The summed E-state index contributed by atoms with van der Waals surface area (Å²) in [6.07, 6.45) is -4.42. The Kier molecular flexibility index (Phi) is 7.78. The summed E-state index contributed by atoms with van der Waals surface area (Å²) in [5.74, 6) is -8.65. The number of anilines is 1. The van der Waals surface area contributed by atoms with Crippen molar-refractivity contribution in [1.82, 2.24) is 0 Å². The number of ether oxygens (including phenoxy) is 3. The van der Waals surface area contributed by atoms with Crippen LogP contribution in [0.2, 0.25) is 0 Å². The van der Waals surface area contributed by atoms with Gasteiger partial charge in [0.15, 0.2) is 29.0 Å². The normalized spacial score (nSPS) is 11.7. The molecule has 1 N–H and O–H groups in total. The molecule has 0 spiro atoms. The molecule has 0 heterocycles. The molecule has 0 saturated carbocycles. The van der Waals surface area contributed by atoms with Gasteiger partial charge in [-0.25, -0.2) is 22.8 Å². The van der Waals surface area contributed by atoms with Crippen LogP contribution in [0, 0.1) is 17.5 Å². The third-order valence-electron chi connectivity index (χ3n) is 3.68. The molecule has 32 heavy (non-hydrogen) atoms. The Morgan fingerprint density at radius 2 is 1.56 bits per heavy atom. The standard InChI is InChI=1S/C19H12BrF6NO5/c1-30-15(28)7-13(18(29)31-2)27-16-10(21)5-9(20)6-14(16)32-17-11(22)3-8(4-12(17)23)19(24,25)26/h3-7,27H,1-2H3/b13-7+. The van der Waals surface area contributed by atoms with Gasteiger partial charge in [-0.1, -0.05) is 15.9 Å². The van der Waals surface area contributed by atoms with Gasteiger partial charge >= 0.3 is 18.1 Å². The minimum Gasteiger partial charge on any atom is -0.466 e. The highest BCUT2D eigenvalue weighted by Crippen LogP contribution is 2.39. The van der Waals surface area contributed by atoms with Crippen molar-refractivity contribution >= 4 is 33.6 Å². The first-order chi connectivity index (χ1) is 14.9. The maximum atomic E-state index is 14.6. The van der Waals surface area contributed by atoms with E-state index in [1.54, 1.807) is 0 Å². The molecule has 13 heteroatoms. The molecule has 0 saturated heterocycles. The van der Waals surface area contributed by atoms with E-state index >= 15 is 0 Å². The highest BCUT2D eigenvalue weighted by molar-refractivity contribution is 9.10. The zero-order chi connectivity index (χ0) is 24.2. The monoisotopic (exact) mass is 527 g/mol. The molecule has 0 aliphatic rings. The molecule has 0 bridgehead atoms. The lowest BCUT2D eigenvalue weighted by molar-refractivity contribution is -0.138. The van der Waals surface area contributed by atoms with Crippen LogP contribution >= 0.6 is 15.9 Å². The Hall–Kier alpha value is -3.22. The first-order valence-corrected chi connectivity index (χ1v) is 9.04. The molecule has 0 unspecified atom stereocenters. The highest BCUT2D eigenvalue weighted by atomic mass is 79.9. The van der Waals surface area contributed by atoms with Gasteiger partial charge in [-0.3, -0.25) is 0 Å². The maximum Gasteiger partial charge on any atom is 0.416 e. The molecule has 0 aliphatic heterocycles. The van der Waals surface area contributed by atoms with E-state index in [-0.39, 0.29) is 16.6 Å². The van der Waals surface area contributed by atoms with Gasteiger partial charge in [0.1, 0.15) is 11.4 Å². The van der Waals surface area contributed by atoms with Crippen molar-refractivity contribution in [2.24, 2.45) is 0 Å². The van der Waals surface area contributed by atoms with Gasteiger partial charge in [0.2, 0.25) is 0 Å². The second-order valence-corrected chi connectivity index (χ2v) is 6.74. The average Bonchev–Trinajstić information content (AvgIpc) is 2.70. The van der Waals surface area contributed by atoms with E-state index in [0.29, 0.717) is 6.08 Å². The first kappa shape index (κ1) is 25.0. The van der Waals surface area contributed by atoms with E-state index < -0.39 is 64.0 Å². The number of hydrogen-bond acceptors (Lipinski definition) is 6. The topological polar surface area (TPSA) is 73.9 Å². The Labute approximate surface area is 184 Å². The summed E-state index contributed by atoms with van der Waals surface area (Å²) in [6.45, 7) is 0. The van der Waals surface area contributed by atoms with Crippen molar-refractivity contribution < 1.29 is 50.1 Å². The van der Waals surface area contributed by atoms with Crippen LogP contribution < -0.4 is 10.1 Å². The van der Waals surface area contributed by atoms with Gasteiger partial charge in [0.25, 0.3) is 0 Å². The Bertz CT molecular complexity index is 1060. The second-order valence-electron chi connectivity index (χ2n) is 5.83. The van der Waals surface area contributed by atoms with Crippen LogP contribution in [0.4, 0.5) is 32.0 Å². The van der Waals surface area contributed by atoms with E-state index in [0.717, 1.165) is 26.4 Å². The largest absolute Gasteiger partial charge is 0.466 e. The number of methoxy groups -OCH3 is 2. The SMILES string of the molecule is COC(=O)/C=C(/Nc1c(F)cc(Br)cc1Oc1c(F)cc(C(F)(F)F)cc1F)C(=O)OC. The predicted octanol–water partition coefficient (Wildman–Crippen LogP) is 5.32. The Morgan fingerprint density at radius 1 is 0.969 bits per heavy atom. The number of rotatable bonds is 6. The summed E-state index contributed by atoms with van der Waals surface area (Å²) in [4.78, 5) is 23.4. The summed E-state index contributed by atoms with van der Waals surface area (Å²) in [5, 5.41) is 2.19. The predicted molar refractivity (Wildman–Crippen MR) is 101 cm³/mol. The van der Waals surface area contributed by atoms with Crippen LogP contribution in [0.1, 0.15) is 5.56 Å². The van der Waals surface area contributed by atoms with Gasteiger partial charge < -0.3 is 19.5 Å². The number of hydrogen-bond donors (Lipinski definition) is 1. The van der Waals surface area contributed by atoms with Crippen LogP contribution in [0.25, 0.3) is 0 Å². The van der Waals surface area contributed by atoms with E-state index in [2.05, 4.69) is 30.7 Å². The number of carbonyl (C=O) groups excluding carboxylic acids is 2. The smallest absolute Gasteiger partial charge is 0.416 e. The summed E-state index contributed by atoms with van der Waals surface area (Å²) < 4.78 is 95.0. The van der Waals surface area contributed by atoms with Gasteiger partial charge in [-0.2, -0.15) is 13.2 Å². The highest BCUT2D eigenvalue weighted by Gasteiger charge is 2.33. The molecule has 172 valence electrons. The average molecular weight is 528 g/mol. The Morgan fingerprint density at radius 3 is 2.06 bits per heavy atom. The van der Waals surface area contributed by atoms with Crippen molar-refractivity contribution in [1.29, 1.82) is 0 Å². The molecule has 0 aliphatic carbocycles. The maximum absolute atomic E-state index is 14.6. The lowest BCUT2D eigenvalue weighted by Crippen LogP contribution is -2.16. The van der Waals surface area contributed by atoms with Gasteiger partial charge in [-0.15, -0.1) is 0 Å². The number of esters is 2. The quantitative estimate of drug-likeness (QED) is 0.311. The van der Waals surface area contributed by atoms with Crippen LogP contribution in [0.5, 0.6) is 11.5 Å². The van der Waals surface area contributed by atoms with Crippen molar-refractivity contribution in [3.63, 3.8) is 0 Å². The van der Waals surface area contributed by atoms with Gasteiger partial charge in [-0.05, 0) is 24.3 Å². The fraction of sp³-hybridized carbons (Fsp3) is 0.158. The molecule has 0 amide bonds. The van der Waals surface area contributed by atoms with Crippen molar-refractivity contribution in [2.75, 3.05) is 19.5 Å². The summed E-state index contributed by atoms with van der Waals surface area (Å²) in [6, 6.07) is 1.88. The van der Waals surface area contributed by atoms with Crippen LogP contribution in [-0.4, -0.2) is 26.2 Å². The van der Waals surface area contributed by atoms with Gasteiger partial charge in [0, 0.05) is 4.47 Å². The number of halogens is 7. The van der Waals surface area contributed by atoms with Crippen LogP contribution in [-0.2, 0) is 25.2 Å². The Balaban J connectivity index is 2.56. The number of carbonyl (C=O) groups is 2. The van der Waals surface area contributed by atoms with Crippen LogP contribution in [0.15, 0.2) is 40.5 Å². The third-order valence-corrected chi connectivity index (χ3v) is 4.14. The molecule has 6 nitrogen and oxygen atoms in total. The fourth-order valence-corrected chi connectivity index (χ4v) is 2.66. The lowest BCUT2D eigenvalue weighted by Gasteiger charge is -2.17. The van der Waals surface area contributed by atoms with Crippen molar-refractivity contribution in [3.05, 3.63) is 63.5 Å². The fourth-order valence-electron chi connectivity index (χ4n) is 2.25. The minimum absolute atomic E-state index is 0.00308. The molecule has 2 aromatic rings. The molecule has 0 radical (unpaired) electrons. The zero-order valence-corrected chi connectivity index (χ0v) is 17.7. The van der Waals surface area contributed by atoms with Crippen molar-refractivity contribution in [3.8, 4) is 11.5 Å². The van der Waals surface area contributed by atoms with Crippen LogP contribution in [0.3, 0.4) is 0 Å². The number of benzene rings is 2. The van der Waals surface area contributed by atoms with E-state index in [1.165, 1.54) is 0 Å². The molecule has 2 rings (SSSR count). The zero-order valence-electron chi connectivity index (χ0n) is 16.1. The lowest BCUT2D eigenvalue weighted by atomic mass is 10.2. The minimum atomic E-state index is -5.02. The van der Waals surface area contributed by atoms with Crippen molar-refractivity contribution in [2.45, 2.75) is 6.18 Å². The number of alkyl halides is 3. The first-order valence-electron chi connectivity index (χ1n) is 8.25. The summed E-state index contributed by atoms with van der Waals surface area (Å²) in [5.41, 5.74) is -2.93. The molecular weight excluding hydrogens is 516 g/mol. The molecule has 0 fully saturated rings. The third kappa shape index (κ3) is 5.93. The molecule has 0 aromatic heterocycles. The molecule has 0 atom stereocenters. The number of nitrogens with one attached hydrogen (secondary N) is 1. The van der Waals surface area contributed by atoms with E-state index in [1.807, 2.05) is 0 Å². The van der Waals surface area contributed by atoms with E-state index in [9.17, 15) is 35.9 Å². The van der Waals surface area contributed by atoms with E-state index in [4.69, 9.17) is 4.74 Å². The second kappa shape index (κ2) is 9.94. The van der Waals surface area contributed by atoms with Gasteiger partial charge in [0.05, 0.1) is 25.9 Å². The summed E-state index contributed by atoms with van der Waals surface area (Å²) in [7, 11) is 1.95. The molecular formula is C19H12BrF6NO5. The summed E-state index contributed by atoms with van der Waals surface area (Å²) >= 11 is 2.93.